The molecule has 100 heavy (non-hydrogen) atoms. The molecular weight excluding hydrogens is 1310 g/mol. The van der Waals surface area contributed by atoms with Crippen LogP contribution in [0, 0.1) is 0 Å². The van der Waals surface area contributed by atoms with Crippen molar-refractivity contribution >= 4 is 39.5 Å². The van der Waals surface area contributed by atoms with E-state index in [9.17, 15) is 43.2 Å². The van der Waals surface area contributed by atoms with Gasteiger partial charge in [-0.05, 0) is 96.3 Å². The number of hydrogen-bond acceptors (Lipinski definition) is 15. The summed E-state index contributed by atoms with van der Waals surface area (Å²) in [5, 5.41) is 10.6. The molecule has 0 aromatic rings. The first kappa shape index (κ1) is 96.2. The van der Waals surface area contributed by atoms with Crippen LogP contribution in [0.1, 0.15) is 349 Å². The molecule has 0 spiro atoms. The molecule has 0 amide bonds. The molecule has 0 aromatic heterocycles. The molecule has 5 unspecified atom stereocenters. The molecule has 0 heterocycles. The molecule has 580 valence electrons. The third-order valence-corrected chi connectivity index (χ3v) is 18.8. The average molecular weight is 1450 g/mol. The summed E-state index contributed by atoms with van der Waals surface area (Å²) in [4.78, 5) is 72.9. The highest BCUT2D eigenvalue weighted by Gasteiger charge is 2.30. The van der Waals surface area contributed by atoms with Crippen LogP contribution >= 0.6 is 15.6 Å². The van der Waals surface area contributed by atoms with Gasteiger partial charge in [0.25, 0.3) is 0 Å². The molecule has 0 aliphatic heterocycles. The second-order valence-electron chi connectivity index (χ2n) is 26.6. The minimum atomic E-state index is -4.97. The van der Waals surface area contributed by atoms with Gasteiger partial charge in [-0.2, -0.15) is 0 Å². The first-order chi connectivity index (χ1) is 48.7. The Morgan fingerprint density at radius 1 is 0.290 bits per heavy atom. The van der Waals surface area contributed by atoms with Crippen molar-refractivity contribution in [3.63, 3.8) is 0 Å². The van der Waals surface area contributed by atoms with Gasteiger partial charge < -0.3 is 33.8 Å². The molecule has 17 nitrogen and oxygen atoms in total. The van der Waals surface area contributed by atoms with E-state index in [2.05, 4.69) is 113 Å². The molecule has 0 aliphatic rings. The van der Waals surface area contributed by atoms with E-state index in [1.165, 1.54) is 89.9 Å². The van der Waals surface area contributed by atoms with Crippen molar-refractivity contribution in [1.29, 1.82) is 0 Å². The Balaban J connectivity index is 5.28. The number of allylic oxidation sites excluding steroid dienone is 14. The van der Waals surface area contributed by atoms with E-state index < -0.39 is 97.5 Å². The van der Waals surface area contributed by atoms with Crippen LogP contribution in [0.2, 0.25) is 0 Å². The van der Waals surface area contributed by atoms with Crippen molar-refractivity contribution in [2.45, 2.75) is 367 Å². The molecule has 3 N–H and O–H groups in total. The lowest BCUT2D eigenvalue weighted by atomic mass is 10.0. The number of aliphatic hydroxyl groups is 1. The predicted molar refractivity (Wildman–Crippen MR) is 409 cm³/mol. The smallest absolute Gasteiger partial charge is 0.462 e. The summed E-state index contributed by atoms with van der Waals surface area (Å²) in [6, 6.07) is 0. The largest absolute Gasteiger partial charge is 0.472 e. The van der Waals surface area contributed by atoms with E-state index in [4.69, 9.17) is 37.0 Å². The van der Waals surface area contributed by atoms with Crippen LogP contribution in [0.25, 0.3) is 0 Å². The molecule has 0 aliphatic carbocycles. The zero-order valence-corrected chi connectivity index (χ0v) is 65.2. The first-order valence-electron chi connectivity index (χ1n) is 39.8. The number of aliphatic hydroxyl groups excluding tert-OH is 1. The summed E-state index contributed by atoms with van der Waals surface area (Å²) in [5.74, 6) is -2.17. The zero-order chi connectivity index (χ0) is 73.2. The van der Waals surface area contributed by atoms with Crippen molar-refractivity contribution in [2.75, 3.05) is 39.6 Å². The van der Waals surface area contributed by atoms with Gasteiger partial charge in [0.2, 0.25) is 0 Å². The molecule has 0 bridgehead atoms. The van der Waals surface area contributed by atoms with Crippen LogP contribution in [0.15, 0.2) is 85.1 Å². The molecule has 0 aromatic carbocycles. The lowest BCUT2D eigenvalue weighted by molar-refractivity contribution is -0.161. The summed E-state index contributed by atoms with van der Waals surface area (Å²) in [7, 11) is -9.94. The Morgan fingerprint density at radius 3 is 0.800 bits per heavy atom. The highest BCUT2D eigenvalue weighted by atomic mass is 31.2. The van der Waals surface area contributed by atoms with Crippen molar-refractivity contribution in [3.05, 3.63) is 85.1 Å². The quantitative estimate of drug-likeness (QED) is 0.0169. The van der Waals surface area contributed by atoms with Gasteiger partial charge in [-0.25, -0.2) is 9.13 Å². The Kier molecular flexibility index (Phi) is 70.8. The predicted octanol–water partition coefficient (Wildman–Crippen LogP) is 23.0. The molecule has 0 saturated carbocycles. The van der Waals surface area contributed by atoms with Gasteiger partial charge in [-0.1, -0.05) is 312 Å². The number of phosphoric acid groups is 2. The minimum Gasteiger partial charge on any atom is -0.462 e. The van der Waals surface area contributed by atoms with E-state index in [1.807, 2.05) is 0 Å². The van der Waals surface area contributed by atoms with Crippen molar-refractivity contribution < 1.29 is 80.2 Å². The van der Waals surface area contributed by atoms with E-state index in [-0.39, 0.29) is 25.7 Å². The van der Waals surface area contributed by atoms with Gasteiger partial charge in [-0.3, -0.25) is 37.3 Å². The third kappa shape index (κ3) is 72.6. The second-order valence-corrected chi connectivity index (χ2v) is 29.5. The lowest BCUT2D eigenvalue weighted by Crippen LogP contribution is -2.30. The number of carbonyl (C=O) groups is 4. The van der Waals surface area contributed by atoms with Crippen LogP contribution in [-0.4, -0.2) is 96.7 Å². The summed E-state index contributed by atoms with van der Waals surface area (Å²) in [6.07, 6.45) is 75.6. The molecule has 0 radical (unpaired) electrons. The van der Waals surface area contributed by atoms with Crippen molar-refractivity contribution in [2.24, 2.45) is 0 Å². The monoisotopic (exact) mass is 1450 g/mol. The maximum Gasteiger partial charge on any atom is 0.472 e. The standard InChI is InChI=1S/C81H144O17P2/c1-5-9-13-17-21-25-29-32-34-36-37-39-41-44-47-50-54-58-62-66-78(83)91-71-76(97-80(85)67-63-59-55-51-45-28-24-20-16-12-8-4)73-95-99(87,88)93-69-75(82)70-94-100(89,90)96-74-77(98-81(86)68-64-60-56-52-48-42-31-27-23-19-15-11-7-3)72-92-79(84)65-61-57-53-49-46-43-40-38-35-33-30-26-22-18-14-10-6-2/h9-10,13-14,21-22,25-26,32-35,37,39,75-77,82H,5-8,11-12,15-20,23-24,27-31,36,38,40-74H2,1-4H3,(H,87,88)(H,89,90)/b13-9-,14-10-,25-21-,26-22-,34-32-,35-33-,39-37-. The van der Waals surface area contributed by atoms with Crippen molar-refractivity contribution in [3.8, 4) is 0 Å². The fourth-order valence-corrected chi connectivity index (χ4v) is 12.5. The highest BCUT2D eigenvalue weighted by molar-refractivity contribution is 7.47. The van der Waals surface area contributed by atoms with Gasteiger partial charge >= 0.3 is 39.5 Å². The summed E-state index contributed by atoms with van der Waals surface area (Å²) < 4.78 is 68.6. The van der Waals surface area contributed by atoms with Gasteiger partial charge in [0.1, 0.15) is 19.3 Å². The fraction of sp³-hybridized carbons (Fsp3) is 0.778. The minimum absolute atomic E-state index is 0.0956. The third-order valence-electron chi connectivity index (χ3n) is 16.9. The molecule has 0 rings (SSSR count). The maximum absolute atomic E-state index is 13.1. The Hall–Kier alpha value is -3.76. The molecule has 0 saturated heterocycles. The van der Waals surface area contributed by atoms with Gasteiger partial charge in [0.15, 0.2) is 12.2 Å². The number of phosphoric ester groups is 2. The van der Waals surface area contributed by atoms with Gasteiger partial charge in [0.05, 0.1) is 26.4 Å². The number of hydrogen-bond donors (Lipinski definition) is 3. The number of ether oxygens (including phenoxy) is 4. The van der Waals surface area contributed by atoms with E-state index >= 15 is 0 Å². The highest BCUT2D eigenvalue weighted by Crippen LogP contribution is 2.45. The van der Waals surface area contributed by atoms with E-state index in [1.54, 1.807) is 0 Å². The summed E-state index contributed by atoms with van der Waals surface area (Å²) in [5.41, 5.74) is 0. The summed E-state index contributed by atoms with van der Waals surface area (Å²) in [6.45, 7) is 4.67. The average Bonchev–Trinajstić information content (AvgIpc) is 1.02. The molecule has 5 atom stereocenters. The normalized spacial score (nSPS) is 14.3. The lowest BCUT2D eigenvalue weighted by Gasteiger charge is -2.21. The van der Waals surface area contributed by atoms with E-state index in [0.29, 0.717) is 25.7 Å². The number of rotatable bonds is 75. The fourth-order valence-electron chi connectivity index (χ4n) is 10.9. The van der Waals surface area contributed by atoms with Crippen molar-refractivity contribution in [1.82, 2.24) is 0 Å². The topological polar surface area (TPSA) is 237 Å². The molecular formula is C81H144O17P2. The van der Waals surface area contributed by atoms with Crippen LogP contribution < -0.4 is 0 Å². The first-order valence-corrected chi connectivity index (χ1v) is 42.8. The van der Waals surface area contributed by atoms with Crippen LogP contribution in [0.5, 0.6) is 0 Å². The Labute approximate surface area is 608 Å². The van der Waals surface area contributed by atoms with Crippen LogP contribution in [0.4, 0.5) is 0 Å². The zero-order valence-electron chi connectivity index (χ0n) is 63.4. The second kappa shape index (κ2) is 73.5. The summed E-state index contributed by atoms with van der Waals surface area (Å²) >= 11 is 0. The number of unbranched alkanes of at least 4 members (excludes halogenated alkanes) is 35. The Morgan fingerprint density at radius 2 is 0.520 bits per heavy atom. The van der Waals surface area contributed by atoms with Gasteiger partial charge in [-0.15, -0.1) is 0 Å². The Bertz CT molecular complexity index is 2230. The molecule has 19 heteroatoms. The van der Waals surface area contributed by atoms with E-state index in [0.717, 1.165) is 180 Å². The van der Waals surface area contributed by atoms with Gasteiger partial charge in [0, 0.05) is 25.7 Å². The number of carbonyl (C=O) groups excluding carboxylic acids is 4. The van der Waals surface area contributed by atoms with Crippen LogP contribution in [0.3, 0.4) is 0 Å². The number of esters is 4. The van der Waals surface area contributed by atoms with Crippen LogP contribution in [-0.2, 0) is 65.4 Å². The maximum atomic E-state index is 13.1. The SMILES string of the molecule is CC/C=C\C/C=C\C/C=C\C/C=C\CCCCCCCCC(=O)OCC(COP(=O)(O)OCC(O)COP(=O)(O)OCC(COC(=O)CCCCCCCCC/C=C\C/C=C\C/C=C\CC)OC(=O)CCCCCCCCCCCCCCC)OC(=O)CCCCCCCCCCCCC. The molecule has 0 fully saturated rings.